The summed E-state index contributed by atoms with van der Waals surface area (Å²) in [5.74, 6) is 0.595. The highest BCUT2D eigenvalue weighted by Gasteiger charge is 2.23. The zero-order chi connectivity index (χ0) is 8.20. The molecule has 0 heterocycles. The first-order valence-electron chi connectivity index (χ1n) is 3.81. The molecule has 0 bridgehead atoms. The second kappa shape index (κ2) is 4.37. The highest BCUT2D eigenvalue weighted by molar-refractivity contribution is 7.15. The Morgan fingerprint density at radius 1 is 1.50 bits per heavy atom. The largest absolute Gasteiger partial charge is 0.403 e. The first-order valence-corrected chi connectivity index (χ1v) is 7.43. The lowest BCUT2D eigenvalue weighted by Crippen LogP contribution is -2.27. The molecule has 0 fully saturated rings. The van der Waals surface area contributed by atoms with Crippen LogP contribution in [0.4, 0.5) is 0 Å². The van der Waals surface area contributed by atoms with E-state index in [2.05, 4.69) is 20.8 Å². The lowest BCUT2D eigenvalue weighted by atomic mass is 10.2. The van der Waals surface area contributed by atoms with Crippen LogP contribution in [-0.2, 0) is 4.43 Å². The van der Waals surface area contributed by atoms with Gasteiger partial charge in [-0.3, -0.25) is 0 Å². The van der Waals surface area contributed by atoms with E-state index in [1.165, 1.54) is 0 Å². The fraction of sp³-hybridized carbons (Fsp3) is 1.00. The molecular formula is C7H17ClOSi. The zero-order valence-electron chi connectivity index (χ0n) is 7.28. The number of halogens is 1. The minimum absolute atomic E-state index is 0.595. The molecule has 0 aliphatic heterocycles. The molecule has 0 aromatic heterocycles. The smallest absolute Gasteiger partial charge is 0.286 e. The van der Waals surface area contributed by atoms with Gasteiger partial charge in [0, 0.05) is 6.61 Å². The third kappa shape index (κ3) is 5.27. The van der Waals surface area contributed by atoms with Crippen molar-refractivity contribution in [2.24, 2.45) is 5.92 Å². The Kier molecular flexibility index (Phi) is 4.57. The van der Waals surface area contributed by atoms with Crippen LogP contribution in [0.15, 0.2) is 0 Å². The van der Waals surface area contributed by atoms with Gasteiger partial charge in [0.05, 0.1) is 0 Å². The molecular weight excluding hydrogens is 164 g/mol. The van der Waals surface area contributed by atoms with Gasteiger partial charge in [-0.25, -0.2) is 0 Å². The van der Waals surface area contributed by atoms with E-state index in [1.54, 1.807) is 0 Å². The van der Waals surface area contributed by atoms with Crippen molar-refractivity contribution in [2.75, 3.05) is 6.61 Å². The molecule has 0 rings (SSSR count). The number of rotatable bonds is 4. The fourth-order valence-corrected chi connectivity index (χ4v) is 1.52. The topological polar surface area (TPSA) is 9.23 Å². The minimum atomic E-state index is -1.77. The Labute approximate surface area is 69.6 Å². The molecule has 0 aromatic rings. The molecule has 0 saturated carbocycles. The van der Waals surface area contributed by atoms with Gasteiger partial charge in [0.1, 0.15) is 0 Å². The highest BCUT2D eigenvalue weighted by atomic mass is 35.6. The molecule has 0 amide bonds. The van der Waals surface area contributed by atoms with Crippen molar-refractivity contribution in [3.8, 4) is 0 Å². The molecule has 0 N–H and O–H groups in total. The maximum atomic E-state index is 6.08. The molecule has 0 aliphatic carbocycles. The molecule has 0 aromatic carbocycles. The first-order chi connectivity index (χ1) is 4.48. The van der Waals surface area contributed by atoms with E-state index in [1.807, 2.05) is 6.55 Å². The molecule has 0 spiro atoms. The van der Waals surface area contributed by atoms with Crippen LogP contribution >= 0.6 is 11.1 Å². The first kappa shape index (κ1) is 10.5. The number of hydrogen-bond donors (Lipinski definition) is 0. The predicted octanol–water partition coefficient (Wildman–Crippen LogP) is 2.99. The van der Waals surface area contributed by atoms with Crippen LogP contribution in [-0.4, -0.2) is 14.2 Å². The minimum Gasteiger partial charge on any atom is -0.403 e. The van der Waals surface area contributed by atoms with E-state index < -0.39 is 7.63 Å². The molecule has 62 valence electrons. The van der Waals surface area contributed by atoms with Crippen LogP contribution in [0, 0.1) is 5.92 Å². The van der Waals surface area contributed by atoms with Gasteiger partial charge >= 0.3 is 0 Å². The maximum absolute atomic E-state index is 6.08. The molecule has 1 unspecified atom stereocenters. The zero-order valence-corrected chi connectivity index (χ0v) is 9.03. The lowest BCUT2D eigenvalue weighted by molar-refractivity contribution is 0.269. The summed E-state index contributed by atoms with van der Waals surface area (Å²) in [6, 6.07) is 0.987. The maximum Gasteiger partial charge on any atom is 0.286 e. The monoisotopic (exact) mass is 180 g/mol. The van der Waals surface area contributed by atoms with Gasteiger partial charge in [-0.15, -0.1) is 11.1 Å². The SMILES string of the molecule is CC[Si](C)(Cl)OCC(C)C. The van der Waals surface area contributed by atoms with Gasteiger partial charge in [0.25, 0.3) is 7.63 Å². The highest BCUT2D eigenvalue weighted by Crippen LogP contribution is 2.16. The van der Waals surface area contributed by atoms with E-state index in [0.29, 0.717) is 5.92 Å². The van der Waals surface area contributed by atoms with Crippen molar-refractivity contribution in [3.63, 3.8) is 0 Å². The molecule has 0 radical (unpaired) electrons. The average molecular weight is 181 g/mol. The van der Waals surface area contributed by atoms with Gasteiger partial charge in [-0.2, -0.15) is 0 Å². The summed E-state index contributed by atoms with van der Waals surface area (Å²) in [5, 5.41) is 0. The molecule has 1 atom stereocenters. The molecule has 0 saturated heterocycles. The quantitative estimate of drug-likeness (QED) is 0.478. The summed E-state index contributed by atoms with van der Waals surface area (Å²) < 4.78 is 5.54. The van der Waals surface area contributed by atoms with E-state index in [9.17, 15) is 0 Å². The van der Waals surface area contributed by atoms with Gasteiger partial charge in [0.2, 0.25) is 0 Å². The van der Waals surface area contributed by atoms with Crippen molar-refractivity contribution in [1.82, 2.24) is 0 Å². The summed E-state index contributed by atoms with van der Waals surface area (Å²) >= 11 is 6.08. The summed E-state index contributed by atoms with van der Waals surface area (Å²) in [4.78, 5) is 0. The Bertz CT molecular complexity index is 93.6. The van der Waals surface area contributed by atoms with E-state index in [0.717, 1.165) is 12.7 Å². The van der Waals surface area contributed by atoms with Crippen molar-refractivity contribution < 1.29 is 4.43 Å². The molecule has 1 nitrogen and oxygen atoms in total. The Hall–Kier alpha value is 0.467. The van der Waals surface area contributed by atoms with Gasteiger partial charge in [-0.05, 0) is 18.5 Å². The second-order valence-electron chi connectivity index (χ2n) is 3.16. The van der Waals surface area contributed by atoms with Crippen LogP contribution < -0.4 is 0 Å². The summed E-state index contributed by atoms with van der Waals surface area (Å²) in [6.45, 7) is 9.20. The van der Waals surface area contributed by atoms with Crippen LogP contribution in [0.2, 0.25) is 12.6 Å². The van der Waals surface area contributed by atoms with Crippen LogP contribution in [0.25, 0.3) is 0 Å². The van der Waals surface area contributed by atoms with Crippen molar-refractivity contribution >= 4 is 18.7 Å². The molecule has 3 heteroatoms. The standard InChI is InChI=1S/C7H17ClOSi/c1-5-10(4,8)9-6-7(2)3/h7H,5-6H2,1-4H3. The van der Waals surface area contributed by atoms with Crippen LogP contribution in [0.5, 0.6) is 0 Å². The van der Waals surface area contributed by atoms with Crippen molar-refractivity contribution in [3.05, 3.63) is 0 Å². The van der Waals surface area contributed by atoms with Crippen LogP contribution in [0.3, 0.4) is 0 Å². The van der Waals surface area contributed by atoms with Crippen molar-refractivity contribution in [1.29, 1.82) is 0 Å². The average Bonchev–Trinajstić information content (AvgIpc) is 1.85. The lowest BCUT2D eigenvalue weighted by Gasteiger charge is -2.19. The van der Waals surface area contributed by atoms with E-state index in [-0.39, 0.29) is 0 Å². The van der Waals surface area contributed by atoms with Gasteiger partial charge in [0.15, 0.2) is 0 Å². The van der Waals surface area contributed by atoms with E-state index in [4.69, 9.17) is 15.5 Å². The third-order valence-electron chi connectivity index (χ3n) is 1.35. The van der Waals surface area contributed by atoms with Crippen molar-refractivity contribution in [2.45, 2.75) is 33.4 Å². The van der Waals surface area contributed by atoms with Gasteiger partial charge in [-0.1, -0.05) is 20.8 Å². The molecule has 10 heavy (non-hydrogen) atoms. The van der Waals surface area contributed by atoms with Crippen LogP contribution in [0.1, 0.15) is 20.8 Å². The van der Waals surface area contributed by atoms with Gasteiger partial charge < -0.3 is 4.43 Å². The summed E-state index contributed by atoms with van der Waals surface area (Å²) in [6.07, 6.45) is 0. The number of hydrogen-bond acceptors (Lipinski definition) is 1. The van der Waals surface area contributed by atoms with E-state index >= 15 is 0 Å². The molecule has 0 aliphatic rings. The predicted molar refractivity (Wildman–Crippen MR) is 48.7 cm³/mol. The second-order valence-corrected chi connectivity index (χ2v) is 8.76. The Morgan fingerprint density at radius 3 is 2.30 bits per heavy atom. The summed E-state index contributed by atoms with van der Waals surface area (Å²) in [5.41, 5.74) is 0. The summed E-state index contributed by atoms with van der Waals surface area (Å²) in [7, 11) is -1.77. The third-order valence-corrected chi connectivity index (χ3v) is 4.51. The Morgan fingerprint density at radius 2 is 2.00 bits per heavy atom. The normalized spacial score (nSPS) is 17.4. The fourth-order valence-electron chi connectivity index (χ4n) is 0.442. The Balaban J connectivity index is 3.46.